The zero-order chi connectivity index (χ0) is 13.4. The summed E-state index contributed by atoms with van der Waals surface area (Å²) in [4.78, 5) is 23.3. The number of amides is 1. The summed E-state index contributed by atoms with van der Waals surface area (Å²) in [5.74, 6) is -4.33. The summed E-state index contributed by atoms with van der Waals surface area (Å²) >= 11 is 0. The molecule has 0 spiro atoms. The van der Waals surface area contributed by atoms with E-state index < -0.39 is 40.9 Å². The molecular weight excluding hydrogens is 248 g/mol. The number of carbonyl (C=O) groups excluding carboxylic acids is 1. The van der Waals surface area contributed by atoms with E-state index in [-0.39, 0.29) is 13.0 Å². The Hall–Kier alpha value is -2.02. The zero-order valence-electron chi connectivity index (χ0n) is 9.06. The lowest BCUT2D eigenvalue weighted by atomic mass is 10.1. The van der Waals surface area contributed by atoms with Gasteiger partial charge in [0.1, 0.15) is 5.82 Å². The number of hydrogen-bond donors (Lipinski definition) is 2. The highest BCUT2D eigenvalue weighted by Crippen LogP contribution is 2.29. The molecule has 1 heterocycles. The number of β-amino-alcohol motifs (C(OH)–C–C–N with tert-alkyl or cyclic N) is 1. The number of benzene rings is 1. The number of rotatable bonds is 2. The number of aromatic carboxylic acids is 1. The van der Waals surface area contributed by atoms with Gasteiger partial charge in [-0.05, 0) is 6.07 Å². The van der Waals surface area contributed by atoms with Gasteiger partial charge >= 0.3 is 5.97 Å². The van der Waals surface area contributed by atoms with Gasteiger partial charge in [-0.2, -0.15) is 0 Å². The Morgan fingerprint density at radius 1 is 1.39 bits per heavy atom. The fourth-order valence-corrected chi connectivity index (χ4v) is 1.91. The highest BCUT2D eigenvalue weighted by molar-refractivity contribution is 6.03. The van der Waals surface area contributed by atoms with E-state index >= 15 is 0 Å². The lowest BCUT2D eigenvalue weighted by molar-refractivity contribution is -0.117. The highest BCUT2D eigenvalue weighted by Gasteiger charge is 2.34. The van der Waals surface area contributed by atoms with E-state index in [1.54, 1.807) is 0 Å². The predicted molar refractivity (Wildman–Crippen MR) is 56.3 cm³/mol. The van der Waals surface area contributed by atoms with Crippen LogP contribution in [0.15, 0.2) is 12.1 Å². The van der Waals surface area contributed by atoms with Crippen molar-refractivity contribution in [2.24, 2.45) is 0 Å². The second kappa shape index (κ2) is 4.34. The van der Waals surface area contributed by atoms with Gasteiger partial charge in [-0.1, -0.05) is 0 Å². The first-order valence-corrected chi connectivity index (χ1v) is 5.11. The summed E-state index contributed by atoms with van der Waals surface area (Å²) in [5.41, 5.74) is -1.15. The number of carboxylic acids is 1. The van der Waals surface area contributed by atoms with Gasteiger partial charge in [-0.15, -0.1) is 0 Å². The second-order valence-electron chi connectivity index (χ2n) is 3.95. The van der Waals surface area contributed by atoms with E-state index in [4.69, 9.17) is 5.11 Å². The molecular formula is C11H9F2NO4. The number of nitrogens with zero attached hydrogens (tertiary/aromatic N) is 1. The Kier molecular flexibility index (Phi) is 3.00. The third-order valence-electron chi connectivity index (χ3n) is 2.63. The quantitative estimate of drug-likeness (QED) is 0.820. The second-order valence-corrected chi connectivity index (χ2v) is 3.95. The average Bonchev–Trinajstić information content (AvgIpc) is 2.56. The summed E-state index contributed by atoms with van der Waals surface area (Å²) in [6.07, 6.45) is -1.20. The normalized spacial score (nSPS) is 19.4. The molecule has 1 unspecified atom stereocenters. The number of aliphatic hydroxyl groups is 1. The van der Waals surface area contributed by atoms with Crippen molar-refractivity contribution in [3.63, 3.8) is 0 Å². The molecule has 1 amide bonds. The van der Waals surface area contributed by atoms with E-state index in [1.165, 1.54) is 0 Å². The maximum absolute atomic E-state index is 13.6. The van der Waals surface area contributed by atoms with E-state index in [0.29, 0.717) is 12.1 Å². The van der Waals surface area contributed by atoms with Crippen molar-refractivity contribution in [2.45, 2.75) is 12.5 Å². The van der Waals surface area contributed by atoms with Crippen LogP contribution < -0.4 is 4.90 Å². The Labute approximate surface area is 100 Å². The number of carboxylic acid groups (broad SMARTS) is 1. The maximum Gasteiger partial charge on any atom is 0.338 e. The molecule has 1 saturated heterocycles. The van der Waals surface area contributed by atoms with E-state index in [9.17, 15) is 23.5 Å². The molecule has 0 radical (unpaired) electrons. The molecule has 0 aromatic heterocycles. The van der Waals surface area contributed by atoms with Crippen LogP contribution in [0.2, 0.25) is 0 Å². The summed E-state index contributed by atoms with van der Waals surface area (Å²) in [5, 5.41) is 18.2. The number of carbonyl (C=O) groups is 2. The minimum atomic E-state index is -1.54. The van der Waals surface area contributed by atoms with Crippen molar-refractivity contribution in [1.82, 2.24) is 0 Å². The molecule has 1 aliphatic heterocycles. The molecule has 96 valence electrons. The molecule has 18 heavy (non-hydrogen) atoms. The van der Waals surface area contributed by atoms with Crippen LogP contribution >= 0.6 is 0 Å². The first-order chi connectivity index (χ1) is 8.40. The van der Waals surface area contributed by atoms with Crippen LogP contribution in [0.4, 0.5) is 14.5 Å². The number of aliphatic hydroxyl groups excluding tert-OH is 1. The maximum atomic E-state index is 13.6. The Balaban J connectivity index is 2.56. The molecule has 2 N–H and O–H groups in total. The molecule has 7 heteroatoms. The third kappa shape index (κ3) is 2.04. The zero-order valence-corrected chi connectivity index (χ0v) is 9.06. The van der Waals surface area contributed by atoms with Crippen LogP contribution in [-0.2, 0) is 4.79 Å². The summed E-state index contributed by atoms with van der Waals surface area (Å²) in [7, 11) is 0. The molecule has 1 atom stereocenters. The largest absolute Gasteiger partial charge is 0.478 e. The van der Waals surface area contributed by atoms with Crippen LogP contribution in [0.1, 0.15) is 16.8 Å². The predicted octanol–water partition coefficient (Wildman–Crippen LogP) is 0.761. The molecule has 5 nitrogen and oxygen atoms in total. The number of hydrogen-bond acceptors (Lipinski definition) is 3. The molecule has 1 fully saturated rings. The Bertz CT molecular complexity index is 532. The van der Waals surface area contributed by atoms with Crippen LogP contribution in [0.3, 0.4) is 0 Å². The van der Waals surface area contributed by atoms with Crippen LogP contribution in [0.25, 0.3) is 0 Å². The standard InChI is InChI=1S/C11H9F2NO4/c12-5-1-7(11(17)18)10(8(13)2-5)14-4-6(15)3-9(14)16/h1-2,6,15H,3-4H2,(H,17,18). The highest BCUT2D eigenvalue weighted by atomic mass is 19.1. The van der Waals surface area contributed by atoms with E-state index in [2.05, 4.69) is 0 Å². The third-order valence-corrected chi connectivity index (χ3v) is 2.63. The molecule has 0 bridgehead atoms. The van der Waals surface area contributed by atoms with Gasteiger partial charge in [0.15, 0.2) is 5.82 Å². The minimum absolute atomic E-state index is 0.207. The van der Waals surface area contributed by atoms with Gasteiger partial charge in [0.25, 0.3) is 0 Å². The smallest absolute Gasteiger partial charge is 0.338 e. The van der Waals surface area contributed by atoms with Gasteiger partial charge in [0.2, 0.25) is 5.91 Å². The number of anilines is 1. The molecule has 1 aliphatic rings. The van der Waals surface area contributed by atoms with Crippen molar-refractivity contribution < 1.29 is 28.6 Å². The lowest BCUT2D eigenvalue weighted by Crippen LogP contribution is -2.28. The molecule has 0 saturated carbocycles. The van der Waals surface area contributed by atoms with Crippen molar-refractivity contribution in [2.75, 3.05) is 11.4 Å². The first kappa shape index (κ1) is 12.4. The van der Waals surface area contributed by atoms with E-state index in [1.807, 2.05) is 0 Å². The lowest BCUT2D eigenvalue weighted by Gasteiger charge is -2.19. The van der Waals surface area contributed by atoms with Gasteiger partial charge in [0, 0.05) is 6.07 Å². The van der Waals surface area contributed by atoms with Crippen LogP contribution in [0.5, 0.6) is 0 Å². The molecule has 1 aromatic carbocycles. The Morgan fingerprint density at radius 2 is 2.06 bits per heavy atom. The topological polar surface area (TPSA) is 77.8 Å². The van der Waals surface area contributed by atoms with Gasteiger partial charge in [-0.3, -0.25) is 4.79 Å². The average molecular weight is 257 g/mol. The van der Waals surface area contributed by atoms with Crippen LogP contribution in [0, 0.1) is 11.6 Å². The minimum Gasteiger partial charge on any atom is -0.478 e. The summed E-state index contributed by atoms with van der Waals surface area (Å²) in [6.45, 7) is -0.207. The Morgan fingerprint density at radius 3 is 2.56 bits per heavy atom. The fourth-order valence-electron chi connectivity index (χ4n) is 1.91. The van der Waals surface area contributed by atoms with E-state index in [0.717, 1.165) is 4.90 Å². The van der Waals surface area contributed by atoms with Gasteiger partial charge in [0.05, 0.1) is 30.3 Å². The van der Waals surface area contributed by atoms with Crippen molar-refractivity contribution >= 4 is 17.6 Å². The first-order valence-electron chi connectivity index (χ1n) is 5.11. The fraction of sp³-hybridized carbons (Fsp3) is 0.273. The monoisotopic (exact) mass is 257 g/mol. The molecule has 0 aliphatic carbocycles. The van der Waals surface area contributed by atoms with Crippen LogP contribution in [-0.4, -0.2) is 34.7 Å². The SMILES string of the molecule is O=C(O)c1cc(F)cc(F)c1N1CC(O)CC1=O. The van der Waals surface area contributed by atoms with Gasteiger partial charge < -0.3 is 15.1 Å². The summed E-state index contributed by atoms with van der Waals surface area (Å²) in [6, 6.07) is 1.14. The summed E-state index contributed by atoms with van der Waals surface area (Å²) < 4.78 is 26.6. The number of halogens is 2. The van der Waals surface area contributed by atoms with Crippen molar-refractivity contribution in [1.29, 1.82) is 0 Å². The van der Waals surface area contributed by atoms with Crippen molar-refractivity contribution in [3.8, 4) is 0 Å². The van der Waals surface area contributed by atoms with Gasteiger partial charge in [-0.25, -0.2) is 13.6 Å². The molecule has 1 aromatic rings. The molecule has 2 rings (SSSR count). The van der Waals surface area contributed by atoms with Crippen molar-refractivity contribution in [3.05, 3.63) is 29.3 Å².